The number of carboxylic acids is 1. The van der Waals surface area contributed by atoms with E-state index in [1.807, 2.05) is 0 Å². The predicted molar refractivity (Wildman–Crippen MR) is 67.1 cm³/mol. The van der Waals surface area contributed by atoms with Crippen molar-refractivity contribution in [2.75, 3.05) is 7.05 Å². The van der Waals surface area contributed by atoms with Gasteiger partial charge in [0.15, 0.2) is 0 Å². The van der Waals surface area contributed by atoms with Gasteiger partial charge in [-0.3, -0.25) is 10.1 Å². The Labute approximate surface area is 103 Å². The molecule has 2 aliphatic rings. The van der Waals surface area contributed by atoms with Crippen LogP contribution in [0.25, 0.3) is 0 Å². The lowest BCUT2D eigenvalue weighted by Gasteiger charge is -2.31. The van der Waals surface area contributed by atoms with Gasteiger partial charge in [-0.15, -0.1) is 0 Å². The maximum absolute atomic E-state index is 11.5. The van der Waals surface area contributed by atoms with Crippen molar-refractivity contribution in [3.63, 3.8) is 0 Å². The molecule has 0 amide bonds. The molecule has 2 saturated carbocycles. The maximum Gasteiger partial charge on any atom is 0.323 e. The molecule has 2 atom stereocenters. The molecule has 0 spiro atoms. The Balaban J connectivity index is 2.02. The fourth-order valence-corrected chi connectivity index (χ4v) is 2.79. The van der Waals surface area contributed by atoms with Crippen LogP contribution >= 0.6 is 0 Å². The van der Waals surface area contributed by atoms with Gasteiger partial charge in [-0.2, -0.15) is 0 Å². The fraction of sp³-hybridized carbons (Fsp3) is 0.923. The highest BCUT2D eigenvalue weighted by Gasteiger charge is 2.49. The molecule has 0 heterocycles. The van der Waals surface area contributed by atoms with Crippen LogP contribution in [0.2, 0.25) is 0 Å². The van der Waals surface area contributed by atoms with E-state index in [1.165, 1.54) is 0 Å². The first-order valence-corrected chi connectivity index (χ1v) is 6.67. The summed E-state index contributed by atoms with van der Waals surface area (Å²) in [5, 5.41) is 12.9. The Morgan fingerprint density at radius 2 is 2.06 bits per heavy atom. The second-order valence-electron chi connectivity index (χ2n) is 5.96. The summed E-state index contributed by atoms with van der Waals surface area (Å²) < 4.78 is 0. The molecule has 0 aromatic carbocycles. The third-order valence-electron chi connectivity index (χ3n) is 4.35. The average Bonchev–Trinajstić information content (AvgIpc) is 2.94. The molecule has 2 rings (SSSR count). The van der Waals surface area contributed by atoms with Gasteiger partial charge in [-0.25, -0.2) is 0 Å². The van der Waals surface area contributed by atoms with Gasteiger partial charge in [0.05, 0.1) is 0 Å². The Bertz CT molecular complexity index is 302. The van der Waals surface area contributed by atoms with Crippen LogP contribution in [-0.4, -0.2) is 46.7 Å². The first-order chi connectivity index (χ1) is 7.94. The molecule has 0 saturated heterocycles. The van der Waals surface area contributed by atoms with Gasteiger partial charge in [-0.05, 0) is 53.0 Å². The lowest BCUT2D eigenvalue weighted by Crippen LogP contribution is -2.52. The van der Waals surface area contributed by atoms with Crippen LogP contribution in [0.4, 0.5) is 0 Å². The lowest BCUT2D eigenvalue weighted by molar-refractivity contribution is -0.145. The van der Waals surface area contributed by atoms with Crippen LogP contribution < -0.4 is 5.32 Å². The highest BCUT2D eigenvalue weighted by molar-refractivity contribution is 5.79. The van der Waals surface area contributed by atoms with Gasteiger partial charge >= 0.3 is 5.97 Å². The number of aliphatic carboxylic acids is 1. The number of nitrogens with zero attached hydrogens (tertiary/aromatic N) is 1. The van der Waals surface area contributed by atoms with Crippen molar-refractivity contribution in [1.82, 2.24) is 10.2 Å². The summed E-state index contributed by atoms with van der Waals surface area (Å²) in [6.45, 7) is 4.32. The summed E-state index contributed by atoms with van der Waals surface area (Å²) in [5.41, 5.74) is -0.658. The first kappa shape index (κ1) is 12.8. The molecule has 2 aliphatic carbocycles. The number of carboxylic acid groups (broad SMARTS) is 1. The molecular formula is C13H24N2O2. The van der Waals surface area contributed by atoms with Gasteiger partial charge in [0.2, 0.25) is 0 Å². The van der Waals surface area contributed by atoms with E-state index in [4.69, 9.17) is 0 Å². The molecule has 4 heteroatoms. The molecule has 4 nitrogen and oxygen atoms in total. The molecule has 17 heavy (non-hydrogen) atoms. The molecule has 2 N–H and O–H groups in total. The monoisotopic (exact) mass is 240 g/mol. The molecule has 0 aromatic rings. The average molecular weight is 240 g/mol. The molecule has 98 valence electrons. The second kappa shape index (κ2) is 4.58. The van der Waals surface area contributed by atoms with E-state index in [1.54, 1.807) is 0 Å². The summed E-state index contributed by atoms with van der Waals surface area (Å²) in [4.78, 5) is 13.8. The number of rotatable bonds is 5. The van der Waals surface area contributed by atoms with Crippen molar-refractivity contribution >= 4 is 5.97 Å². The highest BCUT2D eigenvalue weighted by Crippen LogP contribution is 2.36. The van der Waals surface area contributed by atoms with E-state index in [0.717, 1.165) is 32.1 Å². The van der Waals surface area contributed by atoms with Crippen molar-refractivity contribution in [3.8, 4) is 0 Å². The van der Waals surface area contributed by atoms with E-state index in [0.29, 0.717) is 18.1 Å². The molecule has 0 aliphatic heterocycles. The topological polar surface area (TPSA) is 52.6 Å². The van der Waals surface area contributed by atoms with Gasteiger partial charge in [0.1, 0.15) is 5.54 Å². The van der Waals surface area contributed by atoms with Crippen LogP contribution in [-0.2, 0) is 4.79 Å². The Kier molecular flexibility index (Phi) is 3.46. The molecule has 2 fully saturated rings. The zero-order chi connectivity index (χ0) is 12.6. The maximum atomic E-state index is 11.5. The number of nitrogens with one attached hydrogen (secondary N) is 1. The smallest absolute Gasteiger partial charge is 0.323 e. The van der Waals surface area contributed by atoms with E-state index >= 15 is 0 Å². The predicted octanol–water partition coefficient (Wildman–Crippen LogP) is 1.45. The van der Waals surface area contributed by atoms with E-state index in [9.17, 15) is 9.90 Å². The van der Waals surface area contributed by atoms with Gasteiger partial charge < -0.3 is 10.0 Å². The second-order valence-corrected chi connectivity index (χ2v) is 5.96. The quantitative estimate of drug-likeness (QED) is 0.764. The Morgan fingerprint density at radius 3 is 2.53 bits per heavy atom. The molecule has 0 bridgehead atoms. The van der Waals surface area contributed by atoms with Crippen molar-refractivity contribution in [2.24, 2.45) is 0 Å². The largest absolute Gasteiger partial charge is 0.480 e. The van der Waals surface area contributed by atoms with Crippen LogP contribution in [0.1, 0.15) is 46.0 Å². The zero-order valence-corrected chi connectivity index (χ0v) is 11.1. The number of carbonyl (C=O) groups is 1. The summed E-state index contributed by atoms with van der Waals surface area (Å²) in [7, 11) is 2.10. The van der Waals surface area contributed by atoms with Crippen molar-refractivity contribution in [2.45, 2.75) is 69.6 Å². The van der Waals surface area contributed by atoms with Gasteiger partial charge in [-0.1, -0.05) is 0 Å². The van der Waals surface area contributed by atoms with Crippen LogP contribution in [0.3, 0.4) is 0 Å². The lowest BCUT2D eigenvalue weighted by atomic mass is 9.97. The third kappa shape index (κ3) is 2.63. The molecule has 0 aromatic heterocycles. The third-order valence-corrected chi connectivity index (χ3v) is 4.35. The van der Waals surface area contributed by atoms with Gasteiger partial charge in [0.25, 0.3) is 0 Å². The highest BCUT2D eigenvalue weighted by atomic mass is 16.4. The van der Waals surface area contributed by atoms with Crippen LogP contribution in [0, 0.1) is 0 Å². The number of hydrogen-bond acceptors (Lipinski definition) is 3. The van der Waals surface area contributed by atoms with E-state index in [2.05, 4.69) is 31.1 Å². The SMILES string of the molecule is CC(C)N(C)C1CCC(NC2CC2)(C(=O)O)C1. The van der Waals surface area contributed by atoms with Crippen molar-refractivity contribution in [3.05, 3.63) is 0 Å². The molecular weight excluding hydrogens is 216 g/mol. The Morgan fingerprint density at radius 1 is 1.41 bits per heavy atom. The van der Waals surface area contributed by atoms with Crippen molar-refractivity contribution in [1.29, 1.82) is 0 Å². The normalized spacial score (nSPS) is 33.6. The van der Waals surface area contributed by atoms with Crippen LogP contribution in [0.15, 0.2) is 0 Å². The fourth-order valence-electron chi connectivity index (χ4n) is 2.79. The number of hydrogen-bond donors (Lipinski definition) is 2. The minimum absolute atomic E-state index is 0.400. The zero-order valence-electron chi connectivity index (χ0n) is 11.1. The van der Waals surface area contributed by atoms with Crippen molar-refractivity contribution < 1.29 is 9.90 Å². The first-order valence-electron chi connectivity index (χ1n) is 6.67. The summed E-state index contributed by atoms with van der Waals surface area (Å²) in [6.07, 6.45) is 4.77. The minimum atomic E-state index is -0.663. The summed E-state index contributed by atoms with van der Waals surface area (Å²) >= 11 is 0. The van der Waals surface area contributed by atoms with E-state index in [-0.39, 0.29) is 0 Å². The minimum Gasteiger partial charge on any atom is -0.480 e. The van der Waals surface area contributed by atoms with E-state index < -0.39 is 11.5 Å². The van der Waals surface area contributed by atoms with Crippen LogP contribution in [0.5, 0.6) is 0 Å². The summed E-state index contributed by atoms with van der Waals surface area (Å²) in [6, 6.07) is 1.33. The van der Waals surface area contributed by atoms with Gasteiger partial charge in [0, 0.05) is 18.1 Å². The molecule has 0 radical (unpaired) electrons. The Hall–Kier alpha value is -0.610. The molecule has 2 unspecified atom stereocenters. The standard InChI is InChI=1S/C13H24N2O2/c1-9(2)15(3)11-6-7-13(8-11,12(16)17)14-10-4-5-10/h9-11,14H,4-8H2,1-3H3,(H,16,17). The summed E-state index contributed by atoms with van der Waals surface area (Å²) in [5.74, 6) is -0.663.